The Morgan fingerprint density at radius 2 is 1.77 bits per heavy atom. The number of piperidine rings is 1. The van der Waals surface area contributed by atoms with Crippen LogP contribution in [0.1, 0.15) is 40.7 Å². The fraction of sp³-hybridized carbons (Fsp3) is 0.467. The number of aromatic nitrogens is 1. The zero-order valence-corrected chi connectivity index (χ0v) is 23.7. The van der Waals surface area contributed by atoms with Gasteiger partial charge in [-0.05, 0) is 61.3 Å². The number of carbonyl (C=O) groups excluding carboxylic acids is 1. The monoisotopic (exact) mass is 566 g/mol. The third-order valence-electron chi connectivity index (χ3n) is 7.92. The number of benzene rings is 2. The SMILES string of the molecule is O=C(NCc1ccc(Cl)cc1)c1cn2c3c(cc(CN4CCOCC4)cc3c1=S)OC(CN1CCCCC1)C2. The molecule has 1 unspecified atom stereocenters. The Labute approximate surface area is 239 Å². The number of pyridine rings is 1. The second-order valence-corrected chi connectivity index (χ2v) is 11.7. The molecule has 4 heterocycles. The molecule has 0 aliphatic carbocycles. The van der Waals surface area contributed by atoms with Crippen LogP contribution in [0.2, 0.25) is 5.02 Å². The van der Waals surface area contributed by atoms with Crippen LogP contribution in [-0.4, -0.2) is 72.3 Å². The maximum absolute atomic E-state index is 13.4. The van der Waals surface area contributed by atoms with Crippen LogP contribution in [0, 0.1) is 4.51 Å². The molecule has 2 saturated heterocycles. The van der Waals surface area contributed by atoms with E-state index in [1.54, 1.807) is 0 Å². The summed E-state index contributed by atoms with van der Waals surface area (Å²) in [5, 5.41) is 4.64. The first-order chi connectivity index (χ1) is 19.0. The van der Waals surface area contributed by atoms with Crippen molar-refractivity contribution in [2.75, 3.05) is 45.9 Å². The third-order valence-corrected chi connectivity index (χ3v) is 8.61. The summed E-state index contributed by atoms with van der Waals surface area (Å²) in [7, 11) is 0. The summed E-state index contributed by atoms with van der Waals surface area (Å²) in [4.78, 5) is 18.3. The van der Waals surface area contributed by atoms with Gasteiger partial charge in [0.2, 0.25) is 0 Å². The van der Waals surface area contributed by atoms with Gasteiger partial charge in [0, 0.05) is 49.3 Å². The Kier molecular flexibility index (Phi) is 8.18. The first-order valence-electron chi connectivity index (χ1n) is 14.0. The Hall–Kier alpha value is -2.49. The van der Waals surface area contributed by atoms with Crippen molar-refractivity contribution in [1.82, 2.24) is 19.7 Å². The first kappa shape index (κ1) is 26.7. The molecule has 206 valence electrons. The minimum atomic E-state index is -0.167. The van der Waals surface area contributed by atoms with Gasteiger partial charge in [-0.25, -0.2) is 0 Å². The van der Waals surface area contributed by atoms with Crippen molar-refractivity contribution in [3.05, 3.63) is 68.8 Å². The number of nitrogens with one attached hydrogen (secondary N) is 1. The van der Waals surface area contributed by atoms with E-state index in [0.29, 0.717) is 28.2 Å². The van der Waals surface area contributed by atoms with Gasteiger partial charge in [0.05, 0.1) is 35.3 Å². The number of likely N-dealkylation sites (tertiary alicyclic amines) is 1. The zero-order chi connectivity index (χ0) is 26.8. The molecule has 0 saturated carbocycles. The van der Waals surface area contributed by atoms with Gasteiger partial charge in [-0.2, -0.15) is 0 Å². The number of carbonyl (C=O) groups is 1. The molecule has 0 bridgehead atoms. The summed E-state index contributed by atoms with van der Waals surface area (Å²) >= 11 is 12.0. The molecule has 7 nitrogen and oxygen atoms in total. The standard InChI is InChI=1S/C30H35ClN4O3S/c31-23-6-4-21(5-7-23)16-32-30(36)26-20-35-19-24(18-33-8-2-1-3-9-33)38-27-15-22(14-25(28(27)35)29(26)39)17-34-10-12-37-13-11-34/h4-7,14-15,20,24H,1-3,8-13,16-19H2,(H,32,36). The minimum absolute atomic E-state index is 0.0170. The van der Waals surface area contributed by atoms with Gasteiger partial charge in [-0.3, -0.25) is 14.6 Å². The number of halogens is 1. The van der Waals surface area contributed by atoms with Crippen LogP contribution in [0.15, 0.2) is 42.6 Å². The molecule has 0 spiro atoms. The van der Waals surface area contributed by atoms with Crippen molar-refractivity contribution < 1.29 is 14.3 Å². The predicted molar refractivity (Wildman–Crippen MR) is 156 cm³/mol. The van der Waals surface area contributed by atoms with Crippen molar-refractivity contribution in [2.45, 2.75) is 45.0 Å². The highest BCUT2D eigenvalue weighted by Crippen LogP contribution is 2.35. The Morgan fingerprint density at radius 1 is 1.00 bits per heavy atom. The molecular weight excluding hydrogens is 532 g/mol. The number of nitrogens with zero attached hydrogens (tertiary/aromatic N) is 3. The minimum Gasteiger partial charge on any atom is -0.485 e. The van der Waals surface area contributed by atoms with Crippen molar-refractivity contribution in [2.24, 2.45) is 0 Å². The molecule has 6 rings (SSSR count). The molecule has 3 aromatic rings. The molecule has 9 heteroatoms. The molecule has 3 aliphatic rings. The normalized spacial score (nSPS) is 20.1. The lowest BCUT2D eigenvalue weighted by atomic mass is 10.0. The highest BCUT2D eigenvalue weighted by Gasteiger charge is 2.27. The van der Waals surface area contributed by atoms with E-state index in [2.05, 4.69) is 31.8 Å². The first-order valence-corrected chi connectivity index (χ1v) is 14.7. The average Bonchev–Trinajstić information content (AvgIpc) is 2.95. The summed E-state index contributed by atoms with van der Waals surface area (Å²) in [6, 6.07) is 11.8. The van der Waals surface area contributed by atoms with Crippen molar-refractivity contribution in [3.8, 4) is 5.75 Å². The molecule has 3 aliphatic heterocycles. The fourth-order valence-electron chi connectivity index (χ4n) is 5.90. The number of morpholine rings is 1. The number of rotatable bonds is 7. The Bertz CT molecular complexity index is 1400. The van der Waals surface area contributed by atoms with Crippen LogP contribution < -0.4 is 10.1 Å². The van der Waals surface area contributed by atoms with Gasteiger partial charge < -0.3 is 19.4 Å². The van der Waals surface area contributed by atoms with Crippen molar-refractivity contribution >= 4 is 40.6 Å². The second kappa shape index (κ2) is 11.9. The Morgan fingerprint density at radius 3 is 2.54 bits per heavy atom. The zero-order valence-electron chi connectivity index (χ0n) is 22.2. The lowest BCUT2D eigenvalue weighted by Gasteiger charge is -2.34. The molecular formula is C30H35ClN4O3S. The fourth-order valence-corrected chi connectivity index (χ4v) is 6.33. The summed E-state index contributed by atoms with van der Waals surface area (Å²) in [5.41, 5.74) is 3.64. The van der Waals surface area contributed by atoms with Gasteiger partial charge in [-0.1, -0.05) is 42.4 Å². The van der Waals surface area contributed by atoms with E-state index in [9.17, 15) is 4.79 Å². The maximum Gasteiger partial charge on any atom is 0.254 e. The van der Waals surface area contributed by atoms with Crippen LogP contribution in [0.25, 0.3) is 10.9 Å². The number of amides is 1. The quantitative estimate of drug-likeness (QED) is 0.405. The molecule has 0 radical (unpaired) electrons. The third kappa shape index (κ3) is 6.15. The molecule has 39 heavy (non-hydrogen) atoms. The highest BCUT2D eigenvalue weighted by atomic mass is 35.5. The van der Waals surface area contributed by atoms with Crippen LogP contribution in [0.5, 0.6) is 5.75 Å². The predicted octanol–water partition coefficient (Wildman–Crippen LogP) is 5.03. The van der Waals surface area contributed by atoms with Crippen LogP contribution in [0.3, 0.4) is 0 Å². The second-order valence-electron chi connectivity index (χ2n) is 10.8. The molecule has 1 N–H and O–H groups in total. The summed E-state index contributed by atoms with van der Waals surface area (Å²) in [6.07, 6.45) is 5.74. The van der Waals surface area contributed by atoms with Crippen LogP contribution in [0.4, 0.5) is 0 Å². The van der Waals surface area contributed by atoms with Gasteiger partial charge in [0.1, 0.15) is 11.9 Å². The van der Waals surface area contributed by atoms with Crippen LogP contribution >= 0.6 is 23.8 Å². The van der Waals surface area contributed by atoms with Gasteiger partial charge >= 0.3 is 0 Å². The van der Waals surface area contributed by atoms with E-state index in [1.807, 2.05) is 30.5 Å². The topological polar surface area (TPSA) is 59.0 Å². The van der Waals surface area contributed by atoms with E-state index < -0.39 is 0 Å². The molecule has 1 atom stereocenters. The van der Waals surface area contributed by atoms with Crippen molar-refractivity contribution in [1.29, 1.82) is 0 Å². The average molecular weight is 567 g/mol. The largest absolute Gasteiger partial charge is 0.485 e. The number of hydrogen-bond donors (Lipinski definition) is 1. The molecule has 2 fully saturated rings. The number of ether oxygens (including phenoxy) is 2. The maximum atomic E-state index is 13.4. The summed E-state index contributed by atoms with van der Waals surface area (Å²) in [6.45, 7) is 8.32. The lowest BCUT2D eigenvalue weighted by molar-refractivity contribution is 0.0341. The lowest BCUT2D eigenvalue weighted by Crippen LogP contribution is -2.42. The summed E-state index contributed by atoms with van der Waals surface area (Å²) < 4.78 is 14.9. The molecule has 2 aromatic carbocycles. The van der Waals surface area contributed by atoms with Gasteiger partial charge in [-0.15, -0.1) is 0 Å². The van der Waals surface area contributed by atoms with Gasteiger partial charge in [0.15, 0.2) is 0 Å². The van der Waals surface area contributed by atoms with Gasteiger partial charge in [0.25, 0.3) is 5.91 Å². The highest BCUT2D eigenvalue weighted by molar-refractivity contribution is 7.71. The van der Waals surface area contributed by atoms with Crippen LogP contribution in [-0.2, 0) is 24.4 Å². The molecule has 1 amide bonds. The number of hydrogen-bond acceptors (Lipinski definition) is 6. The smallest absolute Gasteiger partial charge is 0.254 e. The van der Waals surface area contributed by atoms with E-state index in [4.69, 9.17) is 33.3 Å². The van der Waals surface area contributed by atoms with E-state index in [0.717, 1.165) is 80.3 Å². The van der Waals surface area contributed by atoms with E-state index >= 15 is 0 Å². The van der Waals surface area contributed by atoms with E-state index in [-0.39, 0.29) is 12.0 Å². The Balaban J connectivity index is 1.32. The molecule has 1 aromatic heterocycles. The van der Waals surface area contributed by atoms with E-state index in [1.165, 1.54) is 19.3 Å². The van der Waals surface area contributed by atoms with Crippen molar-refractivity contribution in [3.63, 3.8) is 0 Å². The summed E-state index contributed by atoms with van der Waals surface area (Å²) in [5.74, 6) is 0.697.